The standard InChI is InChI=1S/C20H21NO2/c1-2-20(22)21-13-11-18(12-14-21)23-19-10-6-9-17(15-19)16-7-4-3-5-8-16/h2-10,15,18H,1,11-14H2. The lowest BCUT2D eigenvalue weighted by molar-refractivity contribution is -0.127. The number of carbonyl (C=O) groups is 1. The van der Waals surface area contributed by atoms with Gasteiger partial charge in [-0.1, -0.05) is 49.0 Å². The molecule has 0 radical (unpaired) electrons. The Morgan fingerprint density at radius 2 is 1.74 bits per heavy atom. The van der Waals surface area contributed by atoms with Crippen molar-refractivity contribution in [1.82, 2.24) is 4.90 Å². The highest BCUT2D eigenvalue weighted by atomic mass is 16.5. The van der Waals surface area contributed by atoms with Gasteiger partial charge < -0.3 is 9.64 Å². The Balaban J connectivity index is 1.63. The Bertz CT molecular complexity index is 673. The first kappa shape index (κ1) is 15.3. The highest BCUT2D eigenvalue weighted by Crippen LogP contribution is 2.26. The van der Waals surface area contributed by atoms with Gasteiger partial charge in [0.1, 0.15) is 11.9 Å². The molecular weight excluding hydrogens is 286 g/mol. The third-order valence-corrected chi connectivity index (χ3v) is 4.17. The number of carbonyl (C=O) groups excluding carboxylic acids is 1. The molecule has 1 saturated heterocycles. The van der Waals surface area contributed by atoms with E-state index in [-0.39, 0.29) is 12.0 Å². The van der Waals surface area contributed by atoms with Gasteiger partial charge in [0.25, 0.3) is 0 Å². The fourth-order valence-electron chi connectivity index (χ4n) is 2.90. The van der Waals surface area contributed by atoms with Gasteiger partial charge in [0.2, 0.25) is 5.91 Å². The van der Waals surface area contributed by atoms with E-state index in [1.807, 2.05) is 35.2 Å². The smallest absolute Gasteiger partial charge is 0.245 e. The van der Waals surface area contributed by atoms with E-state index in [1.54, 1.807) is 0 Å². The van der Waals surface area contributed by atoms with Gasteiger partial charge >= 0.3 is 0 Å². The quantitative estimate of drug-likeness (QED) is 0.802. The van der Waals surface area contributed by atoms with Crippen LogP contribution in [0.4, 0.5) is 0 Å². The van der Waals surface area contributed by atoms with E-state index < -0.39 is 0 Å². The summed E-state index contributed by atoms with van der Waals surface area (Å²) in [6.07, 6.45) is 3.25. The maximum atomic E-state index is 11.6. The monoisotopic (exact) mass is 307 g/mol. The zero-order valence-electron chi connectivity index (χ0n) is 13.2. The fourth-order valence-corrected chi connectivity index (χ4v) is 2.90. The summed E-state index contributed by atoms with van der Waals surface area (Å²) < 4.78 is 6.12. The van der Waals surface area contributed by atoms with Gasteiger partial charge in [-0.3, -0.25) is 4.79 Å². The minimum Gasteiger partial charge on any atom is -0.490 e. The summed E-state index contributed by atoms with van der Waals surface area (Å²) >= 11 is 0. The van der Waals surface area contributed by atoms with Gasteiger partial charge in [-0.15, -0.1) is 0 Å². The molecule has 1 fully saturated rings. The van der Waals surface area contributed by atoms with Crippen molar-refractivity contribution in [3.8, 4) is 16.9 Å². The molecule has 0 saturated carbocycles. The van der Waals surface area contributed by atoms with Crippen molar-refractivity contribution in [2.24, 2.45) is 0 Å². The first-order valence-electron chi connectivity index (χ1n) is 8.00. The number of amides is 1. The molecule has 3 nitrogen and oxygen atoms in total. The van der Waals surface area contributed by atoms with Crippen molar-refractivity contribution in [3.63, 3.8) is 0 Å². The van der Waals surface area contributed by atoms with Crippen molar-refractivity contribution in [1.29, 1.82) is 0 Å². The molecular formula is C20H21NO2. The van der Waals surface area contributed by atoms with Gasteiger partial charge in [-0.05, 0) is 29.3 Å². The molecule has 23 heavy (non-hydrogen) atoms. The predicted octanol–water partition coefficient (Wildman–Crippen LogP) is 3.91. The number of rotatable bonds is 4. The average Bonchev–Trinajstić information content (AvgIpc) is 2.63. The Hall–Kier alpha value is -2.55. The van der Waals surface area contributed by atoms with Crippen LogP contribution in [-0.4, -0.2) is 30.0 Å². The Kier molecular flexibility index (Phi) is 4.77. The molecule has 0 unspecified atom stereocenters. The van der Waals surface area contributed by atoms with Gasteiger partial charge in [-0.25, -0.2) is 0 Å². The second-order valence-corrected chi connectivity index (χ2v) is 5.74. The van der Waals surface area contributed by atoms with Gasteiger partial charge in [-0.2, -0.15) is 0 Å². The van der Waals surface area contributed by atoms with Crippen molar-refractivity contribution >= 4 is 5.91 Å². The van der Waals surface area contributed by atoms with Crippen LogP contribution in [0.1, 0.15) is 12.8 Å². The van der Waals surface area contributed by atoms with Crippen molar-refractivity contribution in [2.75, 3.05) is 13.1 Å². The fraction of sp³-hybridized carbons (Fsp3) is 0.250. The van der Waals surface area contributed by atoms with Crippen LogP contribution in [-0.2, 0) is 4.79 Å². The number of hydrogen-bond acceptors (Lipinski definition) is 2. The van der Waals surface area contributed by atoms with E-state index >= 15 is 0 Å². The first-order chi connectivity index (χ1) is 11.3. The molecule has 1 aliphatic rings. The Morgan fingerprint density at radius 1 is 1.04 bits per heavy atom. The SMILES string of the molecule is C=CC(=O)N1CCC(Oc2cccc(-c3ccccc3)c2)CC1. The van der Waals surface area contributed by atoms with Crippen molar-refractivity contribution < 1.29 is 9.53 Å². The zero-order valence-corrected chi connectivity index (χ0v) is 13.2. The van der Waals surface area contributed by atoms with Gasteiger partial charge in [0.05, 0.1) is 0 Å². The molecule has 0 spiro atoms. The van der Waals surface area contributed by atoms with Crippen LogP contribution in [0.5, 0.6) is 5.75 Å². The summed E-state index contributed by atoms with van der Waals surface area (Å²) in [5, 5.41) is 0. The number of benzene rings is 2. The molecule has 0 aliphatic carbocycles. The zero-order chi connectivity index (χ0) is 16.1. The van der Waals surface area contributed by atoms with E-state index in [4.69, 9.17) is 4.74 Å². The lowest BCUT2D eigenvalue weighted by Gasteiger charge is -2.31. The van der Waals surface area contributed by atoms with Crippen LogP contribution in [0.15, 0.2) is 67.3 Å². The summed E-state index contributed by atoms with van der Waals surface area (Å²) in [6.45, 7) is 5.00. The lowest BCUT2D eigenvalue weighted by Crippen LogP contribution is -2.41. The summed E-state index contributed by atoms with van der Waals surface area (Å²) in [5.74, 6) is 0.898. The molecule has 1 heterocycles. The van der Waals surface area contributed by atoms with Gasteiger partial charge in [0, 0.05) is 25.9 Å². The number of likely N-dealkylation sites (tertiary alicyclic amines) is 1. The average molecular weight is 307 g/mol. The number of piperidine rings is 1. The molecule has 1 aliphatic heterocycles. The maximum Gasteiger partial charge on any atom is 0.245 e. The highest BCUT2D eigenvalue weighted by molar-refractivity contribution is 5.87. The van der Waals surface area contributed by atoms with Crippen LogP contribution in [0.25, 0.3) is 11.1 Å². The molecule has 3 rings (SSSR count). The number of nitrogens with zero attached hydrogens (tertiary/aromatic N) is 1. The second-order valence-electron chi connectivity index (χ2n) is 5.74. The first-order valence-corrected chi connectivity index (χ1v) is 8.00. The van der Waals surface area contributed by atoms with Crippen molar-refractivity contribution in [3.05, 3.63) is 67.3 Å². The van der Waals surface area contributed by atoms with E-state index in [0.717, 1.165) is 37.2 Å². The molecule has 3 heteroatoms. The highest BCUT2D eigenvalue weighted by Gasteiger charge is 2.22. The molecule has 0 N–H and O–H groups in total. The number of hydrogen-bond donors (Lipinski definition) is 0. The third-order valence-electron chi connectivity index (χ3n) is 4.17. The largest absolute Gasteiger partial charge is 0.490 e. The minimum absolute atomic E-state index is 0.00882. The maximum absolute atomic E-state index is 11.6. The molecule has 2 aromatic rings. The molecule has 118 valence electrons. The molecule has 2 aromatic carbocycles. The minimum atomic E-state index is 0.00882. The molecule has 0 atom stereocenters. The summed E-state index contributed by atoms with van der Waals surface area (Å²) in [4.78, 5) is 13.4. The third kappa shape index (κ3) is 3.81. The predicted molar refractivity (Wildman–Crippen MR) is 92.3 cm³/mol. The summed E-state index contributed by atoms with van der Waals surface area (Å²) in [5.41, 5.74) is 2.34. The van der Waals surface area contributed by atoms with Crippen molar-refractivity contribution in [2.45, 2.75) is 18.9 Å². The lowest BCUT2D eigenvalue weighted by atomic mass is 10.1. The van der Waals surface area contributed by atoms with Gasteiger partial charge in [0.15, 0.2) is 0 Å². The summed E-state index contributed by atoms with van der Waals surface area (Å²) in [6, 6.07) is 18.5. The van der Waals surface area contributed by atoms with Crippen LogP contribution in [0, 0.1) is 0 Å². The number of ether oxygens (including phenoxy) is 1. The van der Waals surface area contributed by atoms with E-state index in [2.05, 4.69) is 30.8 Å². The second kappa shape index (κ2) is 7.14. The van der Waals surface area contributed by atoms with Crippen LogP contribution < -0.4 is 4.74 Å². The molecule has 0 aromatic heterocycles. The van der Waals surface area contributed by atoms with Crippen LogP contribution in [0.2, 0.25) is 0 Å². The molecule has 1 amide bonds. The Labute approximate surface area is 137 Å². The van der Waals surface area contributed by atoms with Crippen LogP contribution >= 0.6 is 0 Å². The van der Waals surface area contributed by atoms with E-state index in [0.29, 0.717) is 0 Å². The van der Waals surface area contributed by atoms with E-state index in [1.165, 1.54) is 11.6 Å². The summed E-state index contributed by atoms with van der Waals surface area (Å²) in [7, 11) is 0. The normalized spacial score (nSPS) is 15.2. The molecule has 0 bridgehead atoms. The van der Waals surface area contributed by atoms with Crippen LogP contribution in [0.3, 0.4) is 0 Å². The van der Waals surface area contributed by atoms with E-state index in [9.17, 15) is 4.79 Å². The Morgan fingerprint density at radius 3 is 2.43 bits per heavy atom. The topological polar surface area (TPSA) is 29.5 Å².